The number of amides is 1. The number of carbonyl (C=O) groups excluding carboxylic acids is 1. The Balaban J connectivity index is 0.959. The molecule has 0 spiro atoms. The molecule has 200 valence electrons. The summed E-state index contributed by atoms with van der Waals surface area (Å²) in [6.07, 6.45) is 4.61. The third-order valence-corrected chi connectivity index (χ3v) is 9.97. The van der Waals surface area contributed by atoms with Crippen molar-refractivity contribution >= 4 is 27.5 Å². The molecule has 39 heavy (non-hydrogen) atoms. The molecular formula is C33H36N4OS. The first-order chi connectivity index (χ1) is 19.1. The maximum atomic E-state index is 13.0. The van der Waals surface area contributed by atoms with E-state index in [1.54, 1.807) is 11.3 Å². The lowest BCUT2D eigenvalue weighted by Gasteiger charge is -2.32. The van der Waals surface area contributed by atoms with Crippen molar-refractivity contribution in [2.45, 2.75) is 57.7 Å². The van der Waals surface area contributed by atoms with E-state index in [-0.39, 0.29) is 5.91 Å². The minimum Gasteiger partial charge on any atom is -0.330 e. The van der Waals surface area contributed by atoms with Crippen LogP contribution in [0.1, 0.15) is 64.2 Å². The highest BCUT2D eigenvalue weighted by Gasteiger charge is 2.34. The normalized spacial score (nSPS) is 20.6. The van der Waals surface area contributed by atoms with Gasteiger partial charge in [0.15, 0.2) is 0 Å². The van der Waals surface area contributed by atoms with Gasteiger partial charge in [-0.15, -0.1) is 11.3 Å². The van der Waals surface area contributed by atoms with E-state index in [4.69, 9.17) is 4.98 Å². The first-order valence-electron chi connectivity index (χ1n) is 14.4. The topological polar surface area (TPSA) is 48.5 Å². The number of nitrogens with one attached hydrogen (secondary N) is 1. The Hall–Kier alpha value is -3.06. The number of likely N-dealkylation sites (tertiary alicyclic amines) is 1. The molecule has 3 aliphatic heterocycles. The van der Waals surface area contributed by atoms with Gasteiger partial charge in [0.1, 0.15) is 5.01 Å². The van der Waals surface area contributed by atoms with Crippen molar-refractivity contribution in [2.24, 2.45) is 0 Å². The Bertz CT molecular complexity index is 1500. The first-order valence-corrected chi connectivity index (χ1v) is 15.3. The van der Waals surface area contributed by atoms with Crippen molar-refractivity contribution in [3.63, 3.8) is 0 Å². The Kier molecular flexibility index (Phi) is 6.71. The molecule has 4 heterocycles. The third kappa shape index (κ3) is 5.02. The molecule has 0 bridgehead atoms. The summed E-state index contributed by atoms with van der Waals surface area (Å²) >= 11 is 1.77. The molecule has 1 atom stereocenters. The molecule has 7 rings (SSSR count). The number of hydrogen-bond acceptors (Lipinski definition) is 5. The number of hydrogen-bond donors (Lipinski definition) is 1. The smallest absolute Gasteiger partial charge is 0.254 e. The molecule has 1 amide bonds. The minimum atomic E-state index is 0.226. The molecule has 4 aromatic rings. The second-order valence-corrected chi connectivity index (χ2v) is 12.6. The summed E-state index contributed by atoms with van der Waals surface area (Å²) < 4.78 is 1.25. The number of aryl methyl sites for hydroxylation is 1. The molecule has 2 fully saturated rings. The van der Waals surface area contributed by atoms with Crippen molar-refractivity contribution in [3.8, 4) is 10.6 Å². The van der Waals surface area contributed by atoms with Crippen molar-refractivity contribution in [2.75, 3.05) is 26.2 Å². The predicted octanol–water partition coefficient (Wildman–Crippen LogP) is 6.36. The van der Waals surface area contributed by atoms with E-state index in [0.717, 1.165) is 68.2 Å². The van der Waals surface area contributed by atoms with Crippen LogP contribution in [0.2, 0.25) is 0 Å². The third-order valence-electron chi connectivity index (χ3n) is 8.88. The first kappa shape index (κ1) is 24.9. The van der Waals surface area contributed by atoms with E-state index < -0.39 is 0 Å². The molecule has 1 aromatic heterocycles. The van der Waals surface area contributed by atoms with Crippen molar-refractivity contribution in [1.82, 2.24) is 20.1 Å². The van der Waals surface area contributed by atoms with Gasteiger partial charge in [-0.1, -0.05) is 42.5 Å². The molecule has 6 heteroatoms. The highest BCUT2D eigenvalue weighted by molar-refractivity contribution is 7.21. The van der Waals surface area contributed by atoms with E-state index >= 15 is 0 Å². The van der Waals surface area contributed by atoms with Crippen molar-refractivity contribution < 1.29 is 4.79 Å². The average Bonchev–Trinajstić information content (AvgIpc) is 3.54. The number of benzene rings is 3. The van der Waals surface area contributed by atoms with Crippen LogP contribution in [0.15, 0.2) is 60.7 Å². The fourth-order valence-corrected chi connectivity index (χ4v) is 7.56. The summed E-state index contributed by atoms with van der Waals surface area (Å²) in [7, 11) is 0. The molecule has 0 saturated carbocycles. The van der Waals surface area contributed by atoms with Gasteiger partial charge in [0.05, 0.1) is 10.2 Å². The Morgan fingerprint density at radius 3 is 2.64 bits per heavy atom. The van der Waals surface area contributed by atoms with Gasteiger partial charge in [-0.25, -0.2) is 4.98 Å². The number of aromatic nitrogens is 1. The molecule has 3 aromatic carbocycles. The highest BCUT2D eigenvalue weighted by Crippen LogP contribution is 2.34. The fraction of sp³-hybridized carbons (Fsp3) is 0.394. The number of piperidine rings is 2. The van der Waals surface area contributed by atoms with Gasteiger partial charge in [0.2, 0.25) is 0 Å². The lowest BCUT2D eigenvalue weighted by atomic mass is 9.87. The summed E-state index contributed by atoms with van der Waals surface area (Å²) in [5, 5.41) is 4.55. The van der Waals surface area contributed by atoms with Gasteiger partial charge in [0, 0.05) is 36.8 Å². The predicted molar refractivity (Wildman–Crippen MR) is 159 cm³/mol. The fourth-order valence-electron chi connectivity index (χ4n) is 6.61. The zero-order chi connectivity index (χ0) is 26.3. The summed E-state index contributed by atoms with van der Waals surface area (Å²) in [6, 6.07) is 22.5. The number of rotatable bonds is 5. The minimum absolute atomic E-state index is 0.226. The Morgan fingerprint density at radius 1 is 1.00 bits per heavy atom. The van der Waals surface area contributed by atoms with Gasteiger partial charge in [-0.2, -0.15) is 0 Å². The zero-order valence-electron chi connectivity index (χ0n) is 22.7. The number of nitrogens with zero attached hydrogens (tertiary/aromatic N) is 3. The Labute approximate surface area is 234 Å². The van der Waals surface area contributed by atoms with Crippen LogP contribution in [-0.2, 0) is 13.1 Å². The van der Waals surface area contributed by atoms with E-state index in [1.165, 1.54) is 45.4 Å². The van der Waals surface area contributed by atoms with Gasteiger partial charge in [-0.3, -0.25) is 9.69 Å². The quantitative estimate of drug-likeness (QED) is 0.323. The van der Waals surface area contributed by atoms with Crippen LogP contribution < -0.4 is 5.32 Å². The number of carbonyl (C=O) groups is 1. The zero-order valence-corrected chi connectivity index (χ0v) is 23.5. The number of thiazole rings is 1. The second-order valence-electron chi connectivity index (χ2n) is 11.6. The summed E-state index contributed by atoms with van der Waals surface area (Å²) in [6.45, 7) is 8.11. The monoisotopic (exact) mass is 536 g/mol. The van der Waals surface area contributed by atoms with Gasteiger partial charge >= 0.3 is 0 Å². The molecule has 0 radical (unpaired) electrons. The molecule has 3 aliphatic rings. The molecule has 5 nitrogen and oxygen atoms in total. The number of fused-ring (bicyclic) bond motifs is 2. The maximum absolute atomic E-state index is 13.0. The second kappa shape index (κ2) is 10.5. The highest BCUT2D eigenvalue weighted by atomic mass is 32.1. The molecule has 0 aliphatic carbocycles. The van der Waals surface area contributed by atoms with E-state index in [0.29, 0.717) is 12.0 Å². The van der Waals surface area contributed by atoms with Crippen molar-refractivity contribution in [1.29, 1.82) is 0 Å². The molecule has 1 N–H and O–H groups in total. The van der Waals surface area contributed by atoms with Crippen LogP contribution in [0.3, 0.4) is 0 Å². The van der Waals surface area contributed by atoms with Crippen LogP contribution in [0.25, 0.3) is 20.8 Å². The van der Waals surface area contributed by atoms with Crippen LogP contribution in [0.4, 0.5) is 0 Å². The lowest BCUT2D eigenvalue weighted by Crippen LogP contribution is -2.46. The summed E-state index contributed by atoms with van der Waals surface area (Å²) in [4.78, 5) is 22.6. The van der Waals surface area contributed by atoms with E-state index in [9.17, 15) is 4.79 Å². The average molecular weight is 537 g/mol. The summed E-state index contributed by atoms with van der Waals surface area (Å²) in [5.74, 6) is 0.807. The van der Waals surface area contributed by atoms with Crippen LogP contribution >= 0.6 is 11.3 Å². The lowest BCUT2D eigenvalue weighted by molar-refractivity contribution is 0.0674. The van der Waals surface area contributed by atoms with Crippen molar-refractivity contribution in [3.05, 3.63) is 88.5 Å². The van der Waals surface area contributed by atoms with Gasteiger partial charge in [0.25, 0.3) is 5.91 Å². The standard InChI is InChI=1S/C33H36N4OS/c1-22-4-11-31-30(17-22)35-32(39-31)25-7-5-23(6-8-25)20-36-15-12-24(13-16-36)26-9-10-29-27(18-26)21-37(33(29)38)28-3-2-14-34-19-28/h4-11,17-18,24,28,34H,2-3,12-16,19-21H2,1H3. The van der Waals surface area contributed by atoms with Crippen LogP contribution in [0.5, 0.6) is 0 Å². The molecule has 1 unspecified atom stereocenters. The van der Waals surface area contributed by atoms with E-state index in [2.05, 4.69) is 82.7 Å². The summed E-state index contributed by atoms with van der Waals surface area (Å²) in [5.41, 5.74) is 8.48. The molecular weight excluding hydrogens is 500 g/mol. The van der Waals surface area contributed by atoms with Gasteiger partial charge < -0.3 is 10.2 Å². The van der Waals surface area contributed by atoms with E-state index in [1.807, 2.05) is 0 Å². The Morgan fingerprint density at radius 2 is 1.85 bits per heavy atom. The van der Waals surface area contributed by atoms with Crippen LogP contribution in [0, 0.1) is 6.92 Å². The molecule has 2 saturated heterocycles. The maximum Gasteiger partial charge on any atom is 0.254 e. The largest absolute Gasteiger partial charge is 0.330 e. The van der Waals surface area contributed by atoms with Gasteiger partial charge in [-0.05, 0) is 98.6 Å². The van der Waals surface area contributed by atoms with Crippen LogP contribution in [-0.4, -0.2) is 52.9 Å². The SMILES string of the molecule is Cc1ccc2sc(-c3ccc(CN4CCC(c5ccc6c(c5)CN(C5CCCNC5)C6=O)CC4)cc3)nc2c1.